The Morgan fingerprint density at radius 2 is 1.93 bits per heavy atom. The third-order valence-corrected chi connectivity index (χ3v) is 5.24. The lowest BCUT2D eigenvalue weighted by Crippen LogP contribution is -3.08. The lowest BCUT2D eigenvalue weighted by Gasteiger charge is -2.16. The number of likely N-dealkylation sites (N-methyl/N-ethyl adjacent to an activating group) is 1. The summed E-state index contributed by atoms with van der Waals surface area (Å²) in [5, 5.41) is 13.8. The second-order valence-corrected chi connectivity index (χ2v) is 7.53. The molecular formula is C23H27N2O4+. The molecule has 3 N–H and O–H groups in total. The highest BCUT2D eigenvalue weighted by molar-refractivity contribution is 5.92. The molecule has 0 aliphatic heterocycles. The maximum absolute atomic E-state index is 12.5. The smallest absolute Gasteiger partial charge is 0.336 e. The van der Waals surface area contributed by atoms with Crippen LogP contribution in [0, 0.1) is 13.8 Å². The quantitative estimate of drug-likeness (QED) is 0.560. The predicted molar refractivity (Wildman–Crippen MR) is 114 cm³/mol. The Hall–Kier alpha value is -3.12. The molecule has 0 bridgehead atoms. The summed E-state index contributed by atoms with van der Waals surface area (Å²) in [6.07, 6.45) is 0.668. The molecule has 1 heterocycles. The number of phenolic OH excluding ortho intramolecular Hbond substituents is 1. The molecule has 0 saturated heterocycles. The Morgan fingerprint density at radius 1 is 1.17 bits per heavy atom. The van der Waals surface area contributed by atoms with Crippen molar-refractivity contribution in [2.24, 2.45) is 0 Å². The number of carbonyl (C=O) groups excluding carboxylic acids is 1. The number of nitrogens with one attached hydrogen (secondary N) is 2. The zero-order valence-corrected chi connectivity index (χ0v) is 17.3. The van der Waals surface area contributed by atoms with E-state index in [-0.39, 0.29) is 18.2 Å². The average molecular weight is 395 g/mol. The fourth-order valence-corrected chi connectivity index (χ4v) is 3.48. The van der Waals surface area contributed by atoms with Gasteiger partial charge in [0.05, 0.1) is 7.05 Å². The van der Waals surface area contributed by atoms with Crippen LogP contribution in [-0.4, -0.2) is 24.6 Å². The number of anilines is 1. The van der Waals surface area contributed by atoms with Crippen molar-refractivity contribution in [3.05, 3.63) is 69.1 Å². The molecule has 29 heavy (non-hydrogen) atoms. The van der Waals surface area contributed by atoms with Crippen LogP contribution in [-0.2, 0) is 17.8 Å². The molecule has 3 rings (SSSR count). The van der Waals surface area contributed by atoms with E-state index < -0.39 is 5.63 Å². The second-order valence-electron chi connectivity index (χ2n) is 7.53. The van der Waals surface area contributed by atoms with Gasteiger partial charge in [-0.05, 0) is 49.1 Å². The molecule has 1 atom stereocenters. The molecule has 6 heteroatoms. The minimum absolute atomic E-state index is 0.0876. The molecule has 0 fully saturated rings. The van der Waals surface area contributed by atoms with E-state index in [1.165, 1.54) is 12.1 Å². The number of benzene rings is 2. The van der Waals surface area contributed by atoms with Crippen LogP contribution in [0.3, 0.4) is 0 Å². The van der Waals surface area contributed by atoms with E-state index in [1.54, 1.807) is 0 Å². The van der Waals surface area contributed by atoms with E-state index >= 15 is 0 Å². The largest absolute Gasteiger partial charge is 0.508 e. The summed E-state index contributed by atoms with van der Waals surface area (Å²) in [5.41, 5.74) is 4.47. The summed E-state index contributed by atoms with van der Waals surface area (Å²) in [5.74, 6) is 0.0317. The van der Waals surface area contributed by atoms with Crippen LogP contribution >= 0.6 is 0 Å². The van der Waals surface area contributed by atoms with Crippen LogP contribution in [0.15, 0.2) is 45.6 Å². The highest BCUT2D eigenvalue weighted by atomic mass is 16.4. The molecule has 1 unspecified atom stereocenters. The predicted octanol–water partition coefficient (Wildman–Crippen LogP) is 2.33. The first-order chi connectivity index (χ1) is 13.8. The van der Waals surface area contributed by atoms with Crippen molar-refractivity contribution in [2.45, 2.75) is 33.7 Å². The maximum Gasteiger partial charge on any atom is 0.336 e. The zero-order chi connectivity index (χ0) is 21.1. The Bertz CT molecular complexity index is 1120. The summed E-state index contributed by atoms with van der Waals surface area (Å²) >= 11 is 0. The van der Waals surface area contributed by atoms with E-state index in [0.717, 1.165) is 38.2 Å². The molecule has 152 valence electrons. The average Bonchev–Trinajstić information content (AvgIpc) is 2.64. The Balaban J connectivity index is 1.78. The van der Waals surface area contributed by atoms with Gasteiger partial charge in [0.15, 0.2) is 6.54 Å². The van der Waals surface area contributed by atoms with Crippen LogP contribution in [0.1, 0.15) is 29.2 Å². The lowest BCUT2D eigenvalue weighted by atomic mass is 10.0. The van der Waals surface area contributed by atoms with Crippen molar-refractivity contribution < 1.29 is 19.2 Å². The van der Waals surface area contributed by atoms with Gasteiger partial charge in [-0.2, -0.15) is 0 Å². The van der Waals surface area contributed by atoms with Gasteiger partial charge < -0.3 is 19.7 Å². The van der Waals surface area contributed by atoms with E-state index in [1.807, 2.05) is 52.1 Å². The summed E-state index contributed by atoms with van der Waals surface area (Å²) < 4.78 is 5.24. The Labute approximate surface area is 169 Å². The number of phenols is 1. The highest BCUT2D eigenvalue weighted by Gasteiger charge is 2.16. The fraction of sp³-hybridized carbons (Fsp3) is 0.304. The molecular weight excluding hydrogens is 368 g/mol. The van der Waals surface area contributed by atoms with Gasteiger partial charge in [-0.25, -0.2) is 4.79 Å². The molecule has 0 aliphatic carbocycles. The van der Waals surface area contributed by atoms with E-state index in [9.17, 15) is 14.7 Å². The summed E-state index contributed by atoms with van der Waals surface area (Å²) in [7, 11) is 1.91. The monoisotopic (exact) mass is 395 g/mol. The SMILES string of the molecule is CCc1cc2c(C[NH+](C)CC(=O)Nc3cccc(C)c3C)cc(=O)oc2cc1O. The first-order valence-electron chi connectivity index (χ1n) is 9.74. The van der Waals surface area contributed by atoms with Gasteiger partial charge in [0, 0.05) is 28.8 Å². The number of aryl methyl sites for hydroxylation is 2. The molecule has 1 amide bonds. The number of carbonyl (C=O) groups is 1. The molecule has 0 saturated carbocycles. The van der Waals surface area contributed by atoms with Crippen molar-refractivity contribution in [3.8, 4) is 5.75 Å². The van der Waals surface area contributed by atoms with Crippen molar-refractivity contribution in [1.82, 2.24) is 0 Å². The molecule has 0 aliphatic rings. The normalized spacial score (nSPS) is 12.1. The zero-order valence-electron chi connectivity index (χ0n) is 17.3. The van der Waals surface area contributed by atoms with Gasteiger partial charge in [0.2, 0.25) is 0 Å². The number of fused-ring (bicyclic) bond motifs is 1. The summed E-state index contributed by atoms with van der Waals surface area (Å²) in [6.45, 7) is 6.69. The van der Waals surface area contributed by atoms with Crippen LogP contribution < -0.4 is 15.8 Å². The summed E-state index contributed by atoms with van der Waals surface area (Å²) in [6, 6.07) is 10.6. The van der Waals surface area contributed by atoms with Gasteiger partial charge in [-0.1, -0.05) is 19.1 Å². The Kier molecular flexibility index (Phi) is 6.03. The number of quaternary nitrogens is 1. The van der Waals surface area contributed by atoms with Crippen LogP contribution in [0.5, 0.6) is 5.75 Å². The molecule has 2 aromatic carbocycles. The topological polar surface area (TPSA) is 84.0 Å². The van der Waals surface area contributed by atoms with Crippen molar-refractivity contribution in [3.63, 3.8) is 0 Å². The first kappa shape index (κ1) is 20.6. The molecule has 6 nitrogen and oxygen atoms in total. The van der Waals surface area contributed by atoms with E-state index in [0.29, 0.717) is 18.5 Å². The number of hydrogen-bond acceptors (Lipinski definition) is 4. The highest BCUT2D eigenvalue weighted by Crippen LogP contribution is 2.26. The number of aromatic hydroxyl groups is 1. The number of amides is 1. The third-order valence-electron chi connectivity index (χ3n) is 5.24. The van der Waals surface area contributed by atoms with Gasteiger partial charge in [0.25, 0.3) is 5.91 Å². The number of hydrogen-bond donors (Lipinski definition) is 3. The number of rotatable bonds is 6. The second kappa shape index (κ2) is 8.49. The molecule has 1 aromatic heterocycles. The van der Waals surface area contributed by atoms with E-state index in [2.05, 4.69) is 5.32 Å². The molecule has 0 spiro atoms. The minimum Gasteiger partial charge on any atom is -0.508 e. The lowest BCUT2D eigenvalue weighted by molar-refractivity contribution is -0.885. The van der Waals surface area contributed by atoms with Gasteiger partial charge in [0.1, 0.15) is 17.9 Å². The Morgan fingerprint density at radius 3 is 2.66 bits per heavy atom. The van der Waals surface area contributed by atoms with Gasteiger partial charge in [-0.15, -0.1) is 0 Å². The maximum atomic E-state index is 12.5. The molecule has 0 radical (unpaired) electrons. The van der Waals surface area contributed by atoms with Gasteiger partial charge in [-0.3, -0.25) is 4.79 Å². The van der Waals surface area contributed by atoms with Gasteiger partial charge >= 0.3 is 5.63 Å². The standard InChI is InChI=1S/C23H26N2O4/c1-5-16-9-18-17(10-23(28)29-21(18)11-20(16)26)12-25(4)13-22(27)24-19-8-6-7-14(2)15(19)3/h6-11,26H,5,12-13H2,1-4H3,(H,24,27)/p+1. The van der Waals surface area contributed by atoms with Crippen LogP contribution in [0.2, 0.25) is 0 Å². The van der Waals surface area contributed by atoms with Crippen molar-refractivity contribution >= 4 is 22.6 Å². The minimum atomic E-state index is -0.469. The molecule has 3 aromatic rings. The van der Waals surface area contributed by atoms with Crippen LogP contribution in [0.4, 0.5) is 5.69 Å². The van der Waals surface area contributed by atoms with E-state index in [4.69, 9.17) is 4.42 Å². The van der Waals surface area contributed by atoms with Crippen molar-refractivity contribution in [2.75, 3.05) is 18.9 Å². The summed E-state index contributed by atoms with van der Waals surface area (Å²) in [4.78, 5) is 25.4. The van der Waals surface area contributed by atoms with Crippen LogP contribution in [0.25, 0.3) is 11.0 Å². The van der Waals surface area contributed by atoms with Crippen molar-refractivity contribution in [1.29, 1.82) is 0 Å². The fourth-order valence-electron chi connectivity index (χ4n) is 3.48. The third kappa shape index (κ3) is 4.66. The first-order valence-corrected chi connectivity index (χ1v) is 9.74.